The zero-order valence-electron chi connectivity index (χ0n) is 17.9. The van der Waals surface area contributed by atoms with Gasteiger partial charge in [-0.3, -0.25) is 9.59 Å². The number of halogens is 3. The number of amides is 1. The molecule has 0 aromatic heterocycles. The van der Waals surface area contributed by atoms with Crippen molar-refractivity contribution in [2.75, 3.05) is 11.5 Å². The molecule has 8 heteroatoms. The van der Waals surface area contributed by atoms with Crippen LogP contribution in [0.4, 0.5) is 14.5 Å². The number of aliphatic carboxylic acids is 1. The maximum Gasteiger partial charge on any atom is 0.307 e. The first-order valence-electron chi connectivity index (χ1n) is 10.6. The van der Waals surface area contributed by atoms with Crippen LogP contribution >= 0.6 is 11.6 Å². The van der Waals surface area contributed by atoms with Gasteiger partial charge >= 0.3 is 5.97 Å². The number of hydrogen-bond acceptors (Lipinski definition) is 3. The van der Waals surface area contributed by atoms with E-state index in [-0.39, 0.29) is 35.2 Å². The zero-order chi connectivity index (χ0) is 23.7. The molecule has 0 unspecified atom stereocenters. The van der Waals surface area contributed by atoms with Gasteiger partial charge in [0.25, 0.3) is 12.3 Å². The van der Waals surface area contributed by atoms with Crippen LogP contribution in [0.2, 0.25) is 5.02 Å². The molecule has 0 spiro atoms. The highest BCUT2D eigenvalue weighted by Crippen LogP contribution is 2.44. The number of carbonyl (C=O) groups is 2. The lowest BCUT2D eigenvalue weighted by atomic mass is 9.91. The molecule has 0 fully saturated rings. The molecular formula is C25H22ClF2NO4. The number of alkyl halides is 2. The topological polar surface area (TPSA) is 66.8 Å². The summed E-state index contributed by atoms with van der Waals surface area (Å²) < 4.78 is 31.5. The lowest BCUT2D eigenvalue weighted by Gasteiger charge is -2.18. The number of ether oxygens (including phenoxy) is 1. The number of benzene rings is 3. The van der Waals surface area contributed by atoms with Gasteiger partial charge in [-0.15, -0.1) is 0 Å². The summed E-state index contributed by atoms with van der Waals surface area (Å²) >= 11 is 6.43. The molecule has 4 rings (SSSR count). The summed E-state index contributed by atoms with van der Waals surface area (Å²) in [7, 11) is 0. The van der Waals surface area contributed by atoms with Gasteiger partial charge in [-0.25, -0.2) is 8.78 Å². The van der Waals surface area contributed by atoms with Crippen molar-refractivity contribution in [3.63, 3.8) is 0 Å². The van der Waals surface area contributed by atoms with E-state index in [1.807, 2.05) is 19.1 Å². The number of carboxylic acids is 1. The summed E-state index contributed by atoms with van der Waals surface area (Å²) in [6.07, 6.45) is -1.32. The van der Waals surface area contributed by atoms with Gasteiger partial charge in [0.15, 0.2) is 0 Å². The molecule has 33 heavy (non-hydrogen) atoms. The summed E-state index contributed by atoms with van der Waals surface area (Å²) in [5, 5.41) is 10.8. The molecule has 1 N–H and O–H groups in total. The highest BCUT2D eigenvalue weighted by Gasteiger charge is 2.36. The molecule has 1 heterocycles. The maximum atomic E-state index is 13.6. The van der Waals surface area contributed by atoms with Crippen LogP contribution in [-0.4, -0.2) is 30.0 Å². The van der Waals surface area contributed by atoms with Crippen molar-refractivity contribution >= 4 is 39.9 Å². The van der Waals surface area contributed by atoms with E-state index < -0.39 is 19.0 Å². The van der Waals surface area contributed by atoms with Crippen LogP contribution < -0.4 is 9.64 Å². The van der Waals surface area contributed by atoms with E-state index >= 15 is 0 Å². The van der Waals surface area contributed by atoms with Gasteiger partial charge in [0.2, 0.25) is 0 Å². The Bertz CT molecular complexity index is 1240. The highest BCUT2D eigenvalue weighted by atomic mass is 35.5. The molecule has 172 valence electrons. The standard InChI is InChI=1S/C25H22ClF2NO4/c1-2-5-15-16-6-3-4-7-17(16)24(33-13-21(27)28)23-18(15)12-29(25(23)32)20-9-8-14(10-19(20)26)11-22(30)31/h3-4,6-10,21H,2,5,11-13H2,1H3,(H,30,31). The maximum absolute atomic E-state index is 13.6. The molecule has 1 aliphatic rings. The van der Waals surface area contributed by atoms with Gasteiger partial charge < -0.3 is 14.7 Å². The van der Waals surface area contributed by atoms with Crippen LogP contribution in [-0.2, 0) is 24.2 Å². The summed E-state index contributed by atoms with van der Waals surface area (Å²) in [5.41, 5.74) is 2.96. The number of rotatable bonds is 8. The number of carboxylic acid groups (broad SMARTS) is 1. The third-order valence-electron chi connectivity index (χ3n) is 5.68. The minimum atomic E-state index is -2.68. The summed E-state index contributed by atoms with van der Waals surface area (Å²) in [6, 6.07) is 12.1. The average molecular weight is 474 g/mol. The Balaban J connectivity index is 1.85. The molecular weight excluding hydrogens is 452 g/mol. The minimum absolute atomic E-state index is 0.159. The van der Waals surface area contributed by atoms with Gasteiger partial charge in [0.1, 0.15) is 12.4 Å². The van der Waals surface area contributed by atoms with Crippen molar-refractivity contribution in [2.24, 2.45) is 0 Å². The van der Waals surface area contributed by atoms with Crippen molar-refractivity contribution in [3.8, 4) is 5.75 Å². The Hall–Kier alpha value is -3.19. The van der Waals surface area contributed by atoms with Gasteiger partial charge in [0, 0.05) is 5.39 Å². The van der Waals surface area contributed by atoms with Crippen LogP contribution in [0.1, 0.15) is 40.4 Å². The molecule has 0 bridgehead atoms. The monoisotopic (exact) mass is 473 g/mol. The van der Waals surface area contributed by atoms with Crippen LogP contribution in [0, 0.1) is 0 Å². The van der Waals surface area contributed by atoms with Crippen molar-refractivity contribution in [2.45, 2.75) is 39.2 Å². The number of aryl methyl sites for hydroxylation is 1. The molecule has 0 radical (unpaired) electrons. The molecule has 3 aromatic rings. The second kappa shape index (κ2) is 9.35. The third kappa shape index (κ3) is 4.37. The normalized spacial score (nSPS) is 13.1. The van der Waals surface area contributed by atoms with E-state index in [4.69, 9.17) is 21.4 Å². The molecule has 0 saturated carbocycles. The Labute approximate surface area is 194 Å². The zero-order valence-corrected chi connectivity index (χ0v) is 18.7. The lowest BCUT2D eigenvalue weighted by Crippen LogP contribution is -2.24. The Morgan fingerprint density at radius 2 is 1.94 bits per heavy atom. The Morgan fingerprint density at radius 1 is 1.21 bits per heavy atom. The van der Waals surface area contributed by atoms with Crippen molar-refractivity contribution in [1.82, 2.24) is 0 Å². The third-order valence-corrected chi connectivity index (χ3v) is 5.98. The number of nitrogens with zero attached hydrogens (tertiary/aromatic N) is 1. The van der Waals surface area contributed by atoms with Crippen molar-refractivity contribution in [3.05, 3.63) is 69.7 Å². The van der Waals surface area contributed by atoms with E-state index in [1.165, 1.54) is 11.0 Å². The molecule has 1 aliphatic heterocycles. The van der Waals surface area contributed by atoms with E-state index in [2.05, 4.69) is 0 Å². The second-order valence-corrected chi connectivity index (χ2v) is 8.31. The molecule has 0 saturated heterocycles. The van der Waals surface area contributed by atoms with Gasteiger partial charge in [0.05, 0.1) is 29.2 Å². The second-order valence-electron chi connectivity index (χ2n) is 7.91. The van der Waals surface area contributed by atoms with Gasteiger partial charge in [-0.1, -0.05) is 55.3 Å². The lowest BCUT2D eigenvalue weighted by molar-refractivity contribution is -0.136. The summed E-state index contributed by atoms with van der Waals surface area (Å²) in [4.78, 5) is 26.1. The molecule has 0 atom stereocenters. The number of carbonyl (C=O) groups excluding carboxylic acids is 1. The van der Waals surface area contributed by atoms with E-state index in [1.54, 1.807) is 24.3 Å². The number of anilines is 1. The van der Waals surface area contributed by atoms with E-state index in [0.29, 0.717) is 23.1 Å². The fourth-order valence-electron chi connectivity index (χ4n) is 4.38. The first kappa shape index (κ1) is 23.0. The molecule has 1 amide bonds. The van der Waals surface area contributed by atoms with Crippen LogP contribution in [0.25, 0.3) is 10.8 Å². The molecule has 0 aliphatic carbocycles. The predicted molar refractivity (Wildman–Crippen MR) is 123 cm³/mol. The highest BCUT2D eigenvalue weighted by molar-refractivity contribution is 6.34. The van der Waals surface area contributed by atoms with Gasteiger partial charge in [-0.05, 0) is 40.6 Å². The minimum Gasteiger partial charge on any atom is -0.486 e. The van der Waals surface area contributed by atoms with E-state index in [9.17, 15) is 18.4 Å². The van der Waals surface area contributed by atoms with Crippen LogP contribution in [0.3, 0.4) is 0 Å². The predicted octanol–water partition coefficient (Wildman–Crippen LogP) is 5.88. The Morgan fingerprint density at radius 3 is 2.58 bits per heavy atom. The van der Waals surface area contributed by atoms with E-state index in [0.717, 1.165) is 22.9 Å². The molecule has 5 nitrogen and oxygen atoms in total. The van der Waals surface area contributed by atoms with Crippen LogP contribution in [0.15, 0.2) is 42.5 Å². The molecule has 3 aromatic carbocycles. The summed E-state index contributed by atoms with van der Waals surface area (Å²) in [5.74, 6) is -1.21. The van der Waals surface area contributed by atoms with Gasteiger partial charge in [-0.2, -0.15) is 0 Å². The summed E-state index contributed by atoms with van der Waals surface area (Å²) in [6.45, 7) is 1.44. The quantitative estimate of drug-likeness (QED) is 0.444. The smallest absolute Gasteiger partial charge is 0.307 e. The number of hydrogen-bond donors (Lipinski definition) is 1. The SMILES string of the molecule is CCCc1c2c(c(OCC(F)F)c3ccccc13)C(=O)N(c1ccc(CC(=O)O)cc1Cl)C2. The first-order valence-corrected chi connectivity index (χ1v) is 11.0. The fourth-order valence-corrected chi connectivity index (χ4v) is 4.68. The number of fused-ring (bicyclic) bond motifs is 2. The largest absolute Gasteiger partial charge is 0.486 e. The first-order chi connectivity index (χ1) is 15.8. The fraction of sp³-hybridized carbons (Fsp3) is 0.280. The van der Waals surface area contributed by atoms with Crippen LogP contribution in [0.5, 0.6) is 5.75 Å². The average Bonchev–Trinajstić information content (AvgIpc) is 3.10. The van der Waals surface area contributed by atoms with Crippen molar-refractivity contribution < 1.29 is 28.2 Å². The van der Waals surface area contributed by atoms with Crippen molar-refractivity contribution in [1.29, 1.82) is 0 Å². The Kier molecular flexibility index (Phi) is 6.51.